The molecule has 7 nitrogen and oxygen atoms in total. The first-order valence-corrected chi connectivity index (χ1v) is 10.9. The van der Waals surface area contributed by atoms with Crippen LogP contribution in [0, 0.1) is 0 Å². The third-order valence-electron chi connectivity index (χ3n) is 5.04. The van der Waals surface area contributed by atoms with E-state index in [2.05, 4.69) is 49.3 Å². The number of phenols is 1. The Hall–Kier alpha value is -3.10. The number of nitrogens with one attached hydrogen (secondary N) is 1. The fourth-order valence-corrected chi connectivity index (χ4v) is 3.89. The number of rotatable bonds is 8. The van der Waals surface area contributed by atoms with Gasteiger partial charge in [0.1, 0.15) is 11.6 Å². The molecule has 2 heterocycles. The standard InChI is InChI=1S/C23H25BrN6O/c1-29(15-16-6-4-7-17(25)12-16)11-5-10-26-22-13-20(18-8-2-3-9-21(18)31)28-23-19(24)14-27-30(22)23/h2-4,6-9,12-14,26,31H,5,10-11,15,25H2,1H3. The van der Waals surface area contributed by atoms with Crippen LogP contribution in [0.3, 0.4) is 0 Å². The highest BCUT2D eigenvalue weighted by Gasteiger charge is 2.13. The summed E-state index contributed by atoms with van der Waals surface area (Å²) < 4.78 is 2.57. The summed E-state index contributed by atoms with van der Waals surface area (Å²) in [5, 5.41) is 18.1. The maximum Gasteiger partial charge on any atom is 0.172 e. The smallest absolute Gasteiger partial charge is 0.172 e. The Balaban J connectivity index is 1.44. The first-order valence-electron chi connectivity index (χ1n) is 10.1. The zero-order chi connectivity index (χ0) is 21.8. The SMILES string of the molecule is CN(CCCNc1cc(-c2ccccc2O)nc2c(Br)cnn12)Cc1cccc(N)c1. The number of phenolic OH excluding ortho intramolecular Hbond substituents is 1. The molecule has 8 heteroatoms. The van der Waals surface area contributed by atoms with E-state index < -0.39 is 0 Å². The van der Waals surface area contributed by atoms with Gasteiger partial charge in [-0.1, -0.05) is 24.3 Å². The second-order valence-electron chi connectivity index (χ2n) is 7.53. The number of para-hydroxylation sites is 1. The monoisotopic (exact) mass is 480 g/mol. The third kappa shape index (κ3) is 4.98. The molecule has 31 heavy (non-hydrogen) atoms. The molecule has 0 atom stereocenters. The van der Waals surface area contributed by atoms with Crippen LogP contribution in [0.25, 0.3) is 16.9 Å². The fourth-order valence-electron chi connectivity index (χ4n) is 3.54. The van der Waals surface area contributed by atoms with Crippen molar-refractivity contribution in [2.24, 2.45) is 0 Å². The van der Waals surface area contributed by atoms with Gasteiger partial charge in [-0.05, 0) is 65.8 Å². The summed E-state index contributed by atoms with van der Waals surface area (Å²) in [4.78, 5) is 6.95. The molecule has 0 spiro atoms. The molecule has 4 aromatic rings. The minimum Gasteiger partial charge on any atom is -0.507 e. The lowest BCUT2D eigenvalue weighted by Crippen LogP contribution is -2.21. The number of hydrogen-bond acceptors (Lipinski definition) is 6. The molecular formula is C23H25BrN6O. The summed E-state index contributed by atoms with van der Waals surface area (Å²) in [7, 11) is 2.11. The molecule has 2 aromatic heterocycles. The van der Waals surface area contributed by atoms with Crippen molar-refractivity contribution in [2.45, 2.75) is 13.0 Å². The normalized spacial score (nSPS) is 11.3. The lowest BCUT2D eigenvalue weighted by Gasteiger charge is -2.17. The van der Waals surface area contributed by atoms with E-state index in [1.807, 2.05) is 36.4 Å². The molecule has 0 bridgehead atoms. The molecule has 0 saturated carbocycles. The Morgan fingerprint density at radius 1 is 1.16 bits per heavy atom. The van der Waals surface area contributed by atoms with Gasteiger partial charge in [-0.2, -0.15) is 9.61 Å². The number of benzene rings is 2. The van der Waals surface area contributed by atoms with Crippen LogP contribution in [0.4, 0.5) is 11.5 Å². The van der Waals surface area contributed by atoms with Crippen LogP contribution in [-0.2, 0) is 6.54 Å². The van der Waals surface area contributed by atoms with Crippen molar-refractivity contribution in [1.29, 1.82) is 0 Å². The molecule has 0 aliphatic heterocycles. The predicted molar refractivity (Wildman–Crippen MR) is 128 cm³/mol. The minimum absolute atomic E-state index is 0.198. The molecule has 0 saturated heterocycles. The van der Waals surface area contributed by atoms with Crippen molar-refractivity contribution in [3.05, 3.63) is 70.8 Å². The Bertz CT molecular complexity index is 1190. The molecule has 160 valence electrons. The van der Waals surface area contributed by atoms with Crippen LogP contribution in [0.5, 0.6) is 5.75 Å². The summed E-state index contributed by atoms with van der Waals surface area (Å²) in [6.45, 7) is 2.57. The van der Waals surface area contributed by atoms with Crippen molar-refractivity contribution < 1.29 is 5.11 Å². The number of nitrogens with two attached hydrogens (primary N) is 1. The molecule has 0 aliphatic carbocycles. The maximum atomic E-state index is 10.3. The first kappa shape index (κ1) is 21.1. The van der Waals surface area contributed by atoms with Gasteiger partial charge in [0, 0.05) is 30.4 Å². The second-order valence-corrected chi connectivity index (χ2v) is 8.39. The van der Waals surface area contributed by atoms with Crippen molar-refractivity contribution in [3.8, 4) is 17.0 Å². The number of nitrogen functional groups attached to an aromatic ring is 1. The number of nitrogens with zero attached hydrogens (tertiary/aromatic N) is 4. The van der Waals surface area contributed by atoms with Crippen molar-refractivity contribution in [2.75, 3.05) is 31.2 Å². The molecule has 4 rings (SSSR count). The van der Waals surface area contributed by atoms with Gasteiger partial charge >= 0.3 is 0 Å². The highest BCUT2D eigenvalue weighted by Crippen LogP contribution is 2.31. The topological polar surface area (TPSA) is 91.7 Å². The van der Waals surface area contributed by atoms with E-state index in [1.165, 1.54) is 5.56 Å². The van der Waals surface area contributed by atoms with E-state index in [0.29, 0.717) is 16.9 Å². The average molecular weight is 481 g/mol. The highest BCUT2D eigenvalue weighted by atomic mass is 79.9. The molecule has 0 unspecified atom stereocenters. The van der Waals surface area contributed by atoms with Crippen molar-refractivity contribution in [1.82, 2.24) is 19.5 Å². The Morgan fingerprint density at radius 2 is 2.00 bits per heavy atom. The van der Waals surface area contributed by atoms with Gasteiger partial charge < -0.3 is 21.1 Å². The lowest BCUT2D eigenvalue weighted by atomic mass is 10.1. The number of anilines is 2. The van der Waals surface area contributed by atoms with Crippen molar-refractivity contribution in [3.63, 3.8) is 0 Å². The van der Waals surface area contributed by atoms with Gasteiger partial charge in [0.25, 0.3) is 0 Å². The highest BCUT2D eigenvalue weighted by molar-refractivity contribution is 9.10. The summed E-state index contributed by atoms with van der Waals surface area (Å²) in [5.41, 5.74) is 9.94. The third-order valence-corrected chi connectivity index (χ3v) is 5.59. The van der Waals surface area contributed by atoms with Crippen LogP contribution in [-0.4, -0.2) is 44.7 Å². The van der Waals surface area contributed by atoms with Crippen LogP contribution < -0.4 is 11.1 Å². The Labute approximate surface area is 189 Å². The van der Waals surface area contributed by atoms with Crippen LogP contribution >= 0.6 is 15.9 Å². The second kappa shape index (κ2) is 9.36. The fraction of sp³-hybridized carbons (Fsp3) is 0.217. The van der Waals surface area contributed by atoms with Crippen LogP contribution in [0.2, 0.25) is 0 Å². The zero-order valence-corrected chi connectivity index (χ0v) is 18.9. The number of aromatic nitrogens is 3. The quantitative estimate of drug-likeness (QED) is 0.256. The Kier molecular flexibility index (Phi) is 6.39. The molecule has 0 amide bonds. The molecule has 0 aliphatic rings. The zero-order valence-electron chi connectivity index (χ0n) is 17.3. The van der Waals surface area contributed by atoms with E-state index in [9.17, 15) is 5.11 Å². The van der Waals surface area contributed by atoms with Crippen molar-refractivity contribution >= 4 is 33.1 Å². The molecule has 4 N–H and O–H groups in total. The van der Waals surface area contributed by atoms with E-state index in [0.717, 1.165) is 42.0 Å². The molecule has 2 aromatic carbocycles. The first-order chi connectivity index (χ1) is 15.0. The number of halogens is 1. The lowest BCUT2D eigenvalue weighted by molar-refractivity contribution is 0.325. The van der Waals surface area contributed by atoms with Gasteiger partial charge in [-0.15, -0.1) is 0 Å². The largest absolute Gasteiger partial charge is 0.507 e. The summed E-state index contributed by atoms with van der Waals surface area (Å²) in [6, 6.07) is 17.1. The van der Waals surface area contributed by atoms with E-state index >= 15 is 0 Å². The summed E-state index contributed by atoms with van der Waals surface area (Å²) in [6.07, 6.45) is 2.68. The summed E-state index contributed by atoms with van der Waals surface area (Å²) in [5.74, 6) is 1.02. The maximum absolute atomic E-state index is 10.3. The Morgan fingerprint density at radius 3 is 2.81 bits per heavy atom. The number of fused-ring (bicyclic) bond motifs is 1. The van der Waals surface area contributed by atoms with Gasteiger partial charge in [0.05, 0.1) is 16.4 Å². The number of hydrogen-bond donors (Lipinski definition) is 3. The molecule has 0 fully saturated rings. The van der Waals surface area contributed by atoms with Gasteiger partial charge in [0.15, 0.2) is 5.65 Å². The molecule has 0 radical (unpaired) electrons. The summed E-state index contributed by atoms with van der Waals surface area (Å²) >= 11 is 3.51. The van der Waals surface area contributed by atoms with E-state index in [-0.39, 0.29) is 5.75 Å². The molecular weight excluding hydrogens is 456 g/mol. The number of aromatic hydroxyl groups is 1. The van der Waals surface area contributed by atoms with E-state index in [4.69, 9.17) is 5.73 Å². The van der Waals surface area contributed by atoms with Gasteiger partial charge in [-0.25, -0.2) is 4.98 Å². The van der Waals surface area contributed by atoms with Crippen LogP contribution in [0.15, 0.2) is 65.3 Å². The minimum atomic E-state index is 0.198. The van der Waals surface area contributed by atoms with Gasteiger partial charge in [0.2, 0.25) is 0 Å². The average Bonchev–Trinajstić information content (AvgIpc) is 3.12. The van der Waals surface area contributed by atoms with E-state index in [1.54, 1.807) is 22.8 Å². The predicted octanol–water partition coefficient (Wildman–Crippen LogP) is 4.38. The van der Waals surface area contributed by atoms with Gasteiger partial charge in [-0.3, -0.25) is 0 Å². The van der Waals surface area contributed by atoms with Crippen LogP contribution in [0.1, 0.15) is 12.0 Å².